The van der Waals surface area contributed by atoms with Gasteiger partial charge in [0.2, 0.25) is 0 Å². The van der Waals surface area contributed by atoms with Crippen molar-refractivity contribution in [3.63, 3.8) is 0 Å². The van der Waals surface area contributed by atoms with Crippen molar-refractivity contribution in [1.82, 2.24) is 0 Å². The molecule has 1 rings (SSSR count). The molecule has 0 atom stereocenters. The van der Waals surface area contributed by atoms with Gasteiger partial charge in [0.1, 0.15) is 0 Å². The minimum absolute atomic E-state index is 0.0242. The number of aryl methyl sites for hydroxylation is 1. The van der Waals surface area contributed by atoms with Gasteiger partial charge in [0.05, 0.1) is 6.61 Å². The molecule has 0 aromatic heterocycles. The molecule has 1 aromatic rings. The van der Waals surface area contributed by atoms with Gasteiger partial charge in [-0.05, 0) is 17.5 Å². The third-order valence-electron chi connectivity index (χ3n) is 1.85. The second kappa shape index (κ2) is 4.48. The van der Waals surface area contributed by atoms with Crippen LogP contribution in [0.25, 0.3) is 0 Å². The summed E-state index contributed by atoms with van der Waals surface area (Å²) in [6, 6.07) is 5.79. The molecule has 66 valence electrons. The Morgan fingerprint density at radius 1 is 1.33 bits per heavy atom. The molecule has 1 aromatic carbocycles. The number of hydrogen-bond acceptors (Lipinski definition) is 1. The number of aliphatic hydroxyl groups excluding tert-OH is 1. The first-order valence-electron chi connectivity index (χ1n) is 4.16. The van der Waals surface area contributed by atoms with Gasteiger partial charge in [-0.2, -0.15) is 0 Å². The van der Waals surface area contributed by atoms with Crippen LogP contribution in [0.5, 0.6) is 0 Å². The molecule has 0 saturated heterocycles. The molecule has 0 bridgehead atoms. The molecule has 0 fully saturated rings. The van der Waals surface area contributed by atoms with Gasteiger partial charge < -0.3 is 5.11 Å². The second-order valence-corrected chi connectivity index (χ2v) is 3.18. The van der Waals surface area contributed by atoms with Crippen molar-refractivity contribution >= 4 is 11.6 Å². The molecule has 0 radical (unpaired) electrons. The summed E-state index contributed by atoms with van der Waals surface area (Å²) in [6.45, 7) is 2.14. The normalized spacial score (nSPS) is 10.2. The number of hydrogen-bond donors (Lipinski definition) is 1. The van der Waals surface area contributed by atoms with Crippen molar-refractivity contribution in [2.24, 2.45) is 0 Å². The molecule has 0 aliphatic rings. The number of aliphatic hydroxyl groups is 1. The first kappa shape index (κ1) is 9.56. The van der Waals surface area contributed by atoms with Crippen LogP contribution in [0.1, 0.15) is 24.5 Å². The molecule has 1 nitrogen and oxygen atoms in total. The molecule has 12 heavy (non-hydrogen) atoms. The lowest BCUT2D eigenvalue weighted by molar-refractivity contribution is 0.282. The predicted octanol–water partition coefficient (Wildman–Crippen LogP) is 2.78. The maximum absolute atomic E-state index is 8.93. The van der Waals surface area contributed by atoms with E-state index in [-0.39, 0.29) is 6.61 Å². The summed E-state index contributed by atoms with van der Waals surface area (Å²) < 4.78 is 0. The van der Waals surface area contributed by atoms with Crippen molar-refractivity contribution < 1.29 is 5.11 Å². The highest BCUT2D eigenvalue weighted by Crippen LogP contribution is 2.22. The Morgan fingerprint density at radius 3 is 2.58 bits per heavy atom. The number of benzene rings is 1. The zero-order valence-corrected chi connectivity index (χ0v) is 7.93. The summed E-state index contributed by atoms with van der Waals surface area (Å²) in [5.41, 5.74) is 1.95. The van der Waals surface area contributed by atoms with E-state index in [1.165, 1.54) is 0 Å². The van der Waals surface area contributed by atoms with Crippen LogP contribution in [0, 0.1) is 0 Å². The first-order chi connectivity index (χ1) is 5.79. The molecule has 0 unspecified atom stereocenters. The van der Waals surface area contributed by atoms with Crippen LogP contribution < -0.4 is 0 Å². The summed E-state index contributed by atoms with van der Waals surface area (Å²) in [4.78, 5) is 0. The molecule has 1 N–H and O–H groups in total. The van der Waals surface area contributed by atoms with Crippen LogP contribution in [-0.2, 0) is 13.0 Å². The Morgan fingerprint density at radius 2 is 2.00 bits per heavy atom. The maximum Gasteiger partial charge on any atom is 0.0696 e. The van der Waals surface area contributed by atoms with Crippen molar-refractivity contribution in [3.8, 4) is 0 Å². The van der Waals surface area contributed by atoms with E-state index >= 15 is 0 Å². The van der Waals surface area contributed by atoms with Crippen LogP contribution in [0.2, 0.25) is 5.02 Å². The Bertz CT molecular complexity index is 258. The third kappa shape index (κ3) is 1.99. The molecule has 0 heterocycles. The Labute approximate surface area is 78.0 Å². The molecule has 0 saturated carbocycles. The van der Waals surface area contributed by atoms with E-state index in [2.05, 4.69) is 6.92 Å². The van der Waals surface area contributed by atoms with Crippen LogP contribution in [0.3, 0.4) is 0 Å². The quantitative estimate of drug-likeness (QED) is 0.766. The smallest absolute Gasteiger partial charge is 0.0696 e. The van der Waals surface area contributed by atoms with Gasteiger partial charge in [0, 0.05) is 5.02 Å². The van der Waals surface area contributed by atoms with E-state index < -0.39 is 0 Å². The van der Waals surface area contributed by atoms with Crippen molar-refractivity contribution in [2.45, 2.75) is 26.4 Å². The van der Waals surface area contributed by atoms with Crippen LogP contribution in [0.4, 0.5) is 0 Å². The fourth-order valence-corrected chi connectivity index (χ4v) is 1.50. The zero-order chi connectivity index (χ0) is 8.97. The van der Waals surface area contributed by atoms with E-state index in [1.54, 1.807) is 0 Å². The average Bonchev–Trinajstić information content (AvgIpc) is 2.09. The summed E-state index contributed by atoms with van der Waals surface area (Å²) in [5.74, 6) is 0. The molecule has 0 spiro atoms. The highest BCUT2D eigenvalue weighted by molar-refractivity contribution is 6.32. The van der Waals surface area contributed by atoms with Crippen molar-refractivity contribution in [3.05, 3.63) is 34.3 Å². The van der Waals surface area contributed by atoms with Gasteiger partial charge in [-0.25, -0.2) is 0 Å². The standard InChI is InChI=1S/C10H13ClO/c1-2-4-8-5-3-6-9(7-12)10(8)11/h3,5-6,12H,2,4,7H2,1H3. The first-order valence-corrected chi connectivity index (χ1v) is 4.54. The summed E-state index contributed by atoms with van der Waals surface area (Å²) in [7, 11) is 0. The highest BCUT2D eigenvalue weighted by Gasteiger charge is 2.03. The molecule has 0 aliphatic carbocycles. The van der Waals surface area contributed by atoms with E-state index in [0.717, 1.165) is 29.0 Å². The zero-order valence-electron chi connectivity index (χ0n) is 7.18. The molecular formula is C10H13ClO. The Hall–Kier alpha value is -0.530. The van der Waals surface area contributed by atoms with Gasteiger partial charge in [0.25, 0.3) is 0 Å². The fourth-order valence-electron chi connectivity index (χ4n) is 1.22. The highest BCUT2D eigenvalue weighted by atomic mass is 35.5. The molecule has 0 aliphatic heterocycles. The predicted molar refractivity (Wildman–Crippen MR) is 51.4 cm³/mol. The average molecular weight is 185 g/mol. The van der Waals surface area contributed by atoms with Gasteiger partial charge in [-0.3, -0.25) is 0 Å². The topological polar surface area (TPSA) is 20.2 Å². The lowest BCUT2D eigenvalue weighted by atomic mass is 10.1. The summed E-state index contributed by atoms with van der Waals surface area (Å²) >= 11 is 6.03. The van der Waals surface area contributed by atoms with Crippen LogP contribution >= 0.6 is 11.6 Å². The summed E-state index contributed by atoms with van der Waals surface area (Å²) in [5, 5.41) is 9.65. The minimum atomic E-state index is 0.0242. The number of rotatable bonds is 3. The Kier molecular flexibility index (Phi) is 3.57. The lowest BCUT2D eigenvalue weighted by Gasteiger charge is -2.05. The molecule has 2 heteroatoms. The van der Waals surface area contributed by atoms with Gasteiger partial charge in [-0.15, -0.1) is 0 Å². The van der Waals surface area contributed by atoms with Crippen LogP contribution in [-0.4, -0.2) is 5.11 Å². The van der Waals surface area contributed by atoms with E-state index in [4.69, 9.17) is 16.7 Å². The van der Waals surface area contributed by atoms with Gasteiger partial charge in [0.15, 0.2) is 0 Å². The lowest BCUT2D eigenvalue weighted by Crippen LogP contribution is -1.90. The van der Waals surface area contributed by atoms with Crippen LogP contribution in [0.15, 0.2) is 18.2 Å². The SMILES string of the molecule is CCCc1cccc(CO)c1Cl. The minimum Gasteiger partial charge on any atom is -0.392 e. The van der Waals surface area contributed by atoms with E-state index in [1.807, 2.05) is 18.2 Å². The number of halogens is 1. The Balaban J connectivity index is 2.97. The van der Waals surface area contributed by atoms with E-state index in [0.29, 0.717) is 0 Å². The molecular weight excluding hydrogens is 172 g/mol. The fraction of sp³-hybridized carbons (Fsp3) is 0.400. The second-order valence-electron chi connectivity index (χ2n) is 2.80. The largest absolute Gasteiger partial charge is 0.392 e. The van der Waals surface area contributed by atoms with Gasteiger partial charge in [-0.1, -0.05) is 43.1 Å². The third-order valence-corrected chi connectivity index (χ3v) is 2.33. The van der Waals surface area contributed by atoms with Crippen molar-refractivity contribution in [1.29, 1.82) is 0 Å². The summed E-state index contributed by atoms with van der Waals surface area (Å²) in [6.07, 6.45) is 2.06. The van der Waals surface area contributed by atoms with Crippen molar-refractivity contribution in [2.75, 3.05) is 0 Å². The molecule has 0 amide bonds. The maximum atomic E-state index is 8.93. The van der Waals surface area contributed by atoms with E-state index in [9.17, 15) is 0 Å². The monoisotopic (exact) mass is 184 g/mol. The van der Waals surface area contributed by atoms with Gasteiger partial charge >= 0.3 is 0 Å².